The van der Waals surface area contributed by atoms with Gasteiger partial charge in [0.25, 0.3) is 0 Å². The molecule has 0 bridgehead atoms. The fourth-order valence-electron chi connectivity index (χ4n) is 1.42. The van der Waals surface area contributed by atoms with Crippen LogP contribution in [-0.2, 0) is 4.74 Å². The van der Waals surface area contributed by atoms with Gasteiger partial charge in [0.05, 0.1) is 18.9 Å². The number of hydrogen-bond donors (Lipinski definition) is 1. The normalized spacial score (nSPS) is 10.7. The highest BCUT2D eigenvalue weighted by molar-refractivity contribution is 5.55. The molecule has 0 aliphatic carbocycles. The van der Waals surface area contributed by atoms with Crippen molar-refractivity contribution in [2.75, 3.05) is 32.2 Å². The second-order valence-electron chi connectivity index (χ2n) is 4.45. The number of rotatable bonds is 8. The number of anilines is 1. The van der Waals surface area contributed by atoms with Crippen LogP contribution < -0.4 is 15.2 Å². The van der Waals surface area contributed by atoms with Crippen molar-refractivity contribution in [1.82, 2.24) is 0 Å². The maximum Gasteiger partial charge on any atom is 0.145 e. The molecule has 4 heteroatoms. The molecular formula is C14H23NO3. The predicted octanol–water partition coefficient (Wildman–Crippen LogP) is 2.72. The predicted molar refractivity (Wildman–Crippen MR) is 73.2 cm³/mol. The maximum atomic E-state index is 5.78. The molecule has 0 aliphatic rings. The molecule has 0 amide bonds. The van der Waals surface area contributed by atoms with Crippen molar-refractivity contribution in [2.24, 2.45) is 5.92 Å². The van der Waals surface area contributed by atoms with E-state index < -0.39 is 0 Å². The first-order valence-corrected chi connectivity index (χ1v) is 6.36. The minimum Gasteiger partial charge on any atom is -0.492 e. The van der Waals surface area contributed by atoms with Crippen LogP contribution in [-0.4, -0.2) is 26.4 Å². The Balaban J connectivity index is 2.35. The molecule has 0 atom stereocenters. The van der Waals surface area contributed by atoms with Gasteiger partial charge in [-0.2, -0.15) is 0 Å². The Kier molecular flexibility index (Phi) is 6.36. The quantitative estimate of drug-likeness (QED) is 0.571. The lowest BCUT2D eigenvalue weighted by molar-refractivity contribution is 0.0818. The number of nitrogens with two attached hydrogens (primary N) is 1. The van der Waals surface area contributed by atoms with E-state index >= 15 is 0 Å². The van der Waals surface area contributed by atoms with E-state index in [1.807, 2.05) is 13.0 Å². The van der Waals surface area contributed by atoms with Gasteiger partial charge in [-0.05, 0) is 25.0 Å². The molecule has 102 valence electrons. The van der Waals surface area contributed by atoms with Gasteiger partial charge in [-0.3, -0.25) is 0 Å². The molecule has 1 aromatic carbocycles. The number of benzene rings is 1. The van der Waals surface area contributed by atoms with Crippen molar-refractivity contribution in [3.05, 3.63) is 18.2 Å². The standard InChI is InChI=1S/C14H23NO3/c1-4-17-14-9-12(5-6-13(14)15)18-8-7-16-10-11(2)3/h5-6,9,11H,4,7-8,10,15H2,1-3H3. The van der Waals surface area contributed by atoms with Gasteiger partial charge >= 0.3 is 0 Å². The molecule has 0 spiro atoms. The Labute approximate surface area is 109 Å². The Hall–Kier alpha value is -1.42. The van der Waals surface area contributed by atoms with E-state index in [1.54, 1.807) is 12.1 Å². The first-order valence-electron chi connectivity index (χ1n) is 6.36. The minimum atomic E-state index is 0.530. The minimum absolute atomic E-state index is 0.530. The van der Waals surface area contributed by atoms with E-state index in [0.29, 0.717) is 37.2 Å². The summed E-state index contributed by atoms with van der Waals surface area (Å²) in [5, 5.41) is 0. The summed E-state index contributed by atoms with van der Waals surface area (Å²) in [6.45, 7) is 8.63. The average molecular weight is 253 g/mol. The zero-order chi connectivity index (χ0) is 13.4. The molecule has 0 aliphatic heterocycles. The van der Waals surface area contributed by atoms with Gasteiger partial charge in [0.1, 0.15) is 18.1 Å². The van der Waals surface area contributed by atoms with Gasteiger partial charge < -0.3 is 19.9 Å². The van der Waals surface area contributed by atoms with Gasteiger partial charge in [0.2, 0.25) is 0 Å². The number of nitrogen functional groups attached to an aromatic ring is 1. The molecule has 0 radical (unpaired) electrons. The average Bonchev–Trinajstić information content (AvgIpc) is 2.32. The van der Waals surface area contributed by atoms with Crippen LogP contribution in [0.15, 0.2) is 18.2 Å². The van der Waals surface area contributed by atoms with E-state index in [0.717, 1.165) is 12.4 Å². The second kappa shape index (κ2) is 7.82. The molecule has 0 aromatic heterocycles. The summed E-state index contributed by atoms with van der Waals surface area (Å²) < 4.78 is 16.4. The smallest absolute Gasteiger partial charge is 0.145 e. The molecule has 0 unspecified atom stereocenters. The first-order chi connectivity index (χ1) is 8.63. The summed E-state index contributed by atoms with van der Waals surface area (Å²) in [5.74, 6) is 1.96. The van der Waals surface area contributed by atoms with Crippen LogP contribution in [0, 0.1) is 5.92 Å². The van der Waals surface area contributed by atoms with Crippen molar-refractivity contribution in [2.45, 2.75) is 20.8 Å². The second-order valence-corrected chi connectivity index (χ2v) is 4.45. The highest BCUT2D eigenvalue weighted by atomic mass is 16.5. The number of hydrogen-bond acceptors (Lipinski definition) is 4. The van der Waals surface area contributed by atoms with Gasteiger partial charge in [0.15, 0.2) is 0 Å². The number of ether oxygens (including phenoxy) is 3. The zero-order valence-electron chi connectivity index (χ0n) is 11.4. The van der Waals surface area contributed by atoms with E-state index in [2.05, 4.69) is 13.8 Å². The summed E-state index contributed by atoms with van der Waals surface area (Å²) in [4.78, 5) is 0. The lowest BCUT2D eigenvalue weighted by Crippen LogP contribution is -2.10. The third-order valence-electron chi connectivity index (χ3n) is 2.23. The van der Waals surface area contributed by atoms with Crippen LogP contribution in [0.1, 0.15) is 20.8 Å². The van der Waals surface area contributed by atoms with E-state index in [4.69, 9.17) is 19.9 Å². The van der Waals surface area contributed by atoms with Crippen molar-refractivity contribution < 1.29 is 14.2 Å². The Morgan fingerprint density at radius 2 is 1.94 bits per heavy atom. The lowest BCUT2D eigenvalue weighted by atomic mass is 10.2. The van der Waals surface area contributed by atoms with Crippen LogP contribution >= 0.6 is 0 Å². The topological polar surface area (TPSA) is 53.7 Å². The molecule has 0 heterocycles. The van der Waals surface area contributed by atoms with Crippen LogP contribution in [0.4, 0.5) is 5.69 Å². The zero-order valence-corrected chi connectivity index (χ0v) is 11.4. The fraction of sp³-hybridized carbons (Fsp3) is 0.571. The third kappa shape index (κ3) is 5.27. The molecule has 1 aromatic rings. The first kappa shape index (κ1) is 14.6. The summed E-state index contributed by atoms with van der Waals surface area (Å²) in [6.07, 6.45) is 0. The SMILES string of the molecule is CCOc1cc(OCCOCC(C)C)ccc1N. The van der Waals surface area contributed by atoms with Gasteiger partial charge in [0, 0.05) is 12.7 Å². The molecule has 18 heavy (non-hydrogen) atoms. The molecule has 0 saturated carbocycles. The molecule has 0 fully saturated rings. The Morgan fingerprint density at radius 1 is 1.17 bits per heavy atom. The van der Waals surface area contributed by atoms with E-state index in [9.17, 15) is 0 Å². The van der Waals surface area contributed by atoms with Gasteiger partial charge in [-0.25, -0.2) is 0 Å². The molecule has 2 N–H and O–H groups in total. The summed E-state index contributed by atoms with van der Waals surface area (Å²) in [7, 11) is 0. The van der Waals surface area contributed by atoms with E-state index in [-0.39, 0.29) is 0 Å². The maximum absolute atomic E-state index is 5.78. The van der Waals surface area contributed by atoms with Crippen molar-refractivity contribution in [3.8, 4) is 11.5 Å². The molecular weight excluding hydrogens is 230 g/mol. The summed E-state index contributed by atoms with van der Waals surface area (Å²) >= 11 is 0. The lowest BCUT2D eigenvalue weighted by Gasteiger charge is -2.11. The van der Waals surface area contributed by atoms with Gasteiger partial charge in [-0.1, -0.05) is 13.8 Å². The summed E-state index contributed by atoms with van der Waals surface area (Å²) in [5.41, 5.74) is 6.41. The molecule has 1 rings (SSSR count). The Bertz CT molecular complexity index is 353. The summed E-state index contributed by atoms with van der Waals surface area (Å²) in [6, 6.07) is 5.43. The largest absolute Gasteiger partial charge is 0.492 e. The monoisotopic (exact) mass is 253 g/mol. The van der Waals surface area contributed by atoms with Crippen molar-refractivity contribution in [1.29, 1.82) is 0 Å². The Morgan fingerprint density at radius 3 is 2.61 bits per heavy atom. The highest BCUT2D eigenvalue weighted by Crippen LogP contribution is 2.26. The van der Waals surface area contributed by atoms with E-state index in [1.165, 1.54) is 0 Å². The van der Waals surface area contributed by atoms with Gasteiger partial charge in [-0.15, -0.1) is 0 Å². The molecule has 4 nitrogen and oxygen atoms in total. The van der Waals surface area contributed by atoms with Crippen LogP contribution in [0.5, 0.6) is 11.5 Å². The van der Waals surface area contributed by atoms with Crippen LogP contribution in [0.3, 0.4) is 0 Å². The van der Waals surface area contributed by atoms with Crippen LogP contribution in [0.25, 0.3) is 0 Å². The third-order valence-corrected chi connectivity index (χ3v) is 2.23. The van der Waals surface area contributed by atoms with Crippen LogP contribution in [0.2, 0.25) is 0 Å². The fourth-order valence-corrected chi connectivity index (χ4v) is 1.42. The van der Waals surface area contributed by atoms with Crippen molar-refractivity contribution in [3.63, 3.8) is 0 Å². The van der Waals surface area contributed by atoms with Crippen molar-refractivity contribution >= 4 is 5.69 Å². The highest BCUT2D eigenvalue weighted by Gasteiger charge is 2.02. The molecule has 0 saturated heterocycles.